The second-order valence-electron chi connectivity index (χ2n) is 4.00. The van der Waals surface area contributed by atoms with Gasteiger partial charge in [0.15, 0.2) is 11.5 Å². The first-order chi connectivity index (χ1) is 8.66. The van der Waals surface area contributed by atoms with Crippen LogP contribution >= 0.6 is 0 Å². The summed E-state index contributed by atoms with van der Waals surface area (Å²) >= 11 is 0. The fourth-order valence-corrected chi connectivity index (χ4v) is 1.93. The lowest BCUT2D eigenvalue weighted by Crippen LogP contribution is -1.99. The van der Waals surface area contributed by atoms with Crippen LogP contribution in [0.3, 0.4) is 0 Å². The Labute approximate surface area is 102 Å². The van der Waals surface area contributed by atoms with E-state index in [1.807, 2.05) is 0 Å². The van der Waals surface area contributed by atoms with Gasteiger partial charge < -0.3 is 8.83 Å². The molecule has 3 nitrogen and oxygen atoms in total. The number of ketones is 1. The lowest BCUT2D eigenvalue weighted by atomic mass is 10.1. The molecular formula is C14H9FO3. The van der Waals surface area contributed by atoms with Gasteiger partial charge in [-0.3, -0.25) is 4.79 Å². The Kier molecular flexibility index (Phi) is 2.30. The molecule has 4 heteroatoms. The Bertz CT molecular complexity index is 723. The molecule has 0 N–H and O–H groups in total. The Morgan fingerprint density at radius 2 is 2.11 bits per heavy atom. The molecule has 0 fully saturated rings. The van der Waals surface area contributed by atoms with E-state index < -0.39 is 0 Å². The van der Waals surface area contributed by atoms with E-state index in [-0.39, 0.29) is 23.1 Å². The van der Waals surface area contributed by atoms with Crippen molar-refractivity contribution in [2.45, 2.75) is 6.92 Å². The van der Waals surface area contributed by atoms with Crippen LogP contribution < -0.4 is 0 Å². The monoisotopic (exact) mass is 244 g/mol. The van der Waals surface area contributed by atoms with Crippen molar-refractivity contribution in [1.82, 2.24) is 0 Å². The lowest BCUT2D eigenvalue weighted by molar-refractivity contribution is 0.0984. The Hall–Kier alpha value is -2.36. The quantitative estimate of drug-likeness (QED) is 0.645. The fourth-order valence-electron chi connectivity index (χ4n) is 1.93. The van der Waals surface area contributed by atoms with Crippen LogP contribution in [0.1, 0.15) is 21.9 Å². The van der Waals surface area contributed by atoms with Crippen LogP contribution in [0.15, 0.2) is 45.4 Å². The summed E-state index contributed by atoms with van der Waals surface area (Å²) in [6, 6.07) is 7.36. The summed E-state index contributed by atoms with van der Waals surface area (Å²) in [5.41, 5.74) is 1.11. The highest BCUT2D eigenvalue weighted by Crippen LogP contribution is 2.27. The highest BCUT2D eigenvalue weighted by Gasteiger charge is 2.21. The molecule has 3 rings (SSSR count). The maximum atomic E-state index is 13.2. The first-order valence-corrected chi connectivity index (χ1v) is 5.43. The molecule has 2 heterocycles. The summed E-state index contributed by atoms with van der Waals surface area (Å²) in [6.45, 7) is 1.72. The summed E-state index contributed by atoms with van der Waals surface area (Å²) in [6.07, 6.45) is 1.42. The summed E-state index contributed by atoms with van der Waals surface area (Å²) in [7, 11) is 0. The van der Waals surface area contributed by atoms with Crippen molar-refractivity contribution in [3.05, 3.63) is 59.5 Å². The number of benzene rings is 1. The number of hydrogen-bond acceptors (Lipinski definition) is 3. The van der Waals surface area contributed by atoms with Crippen molar-refractivity contribution >= 4 is 16.8 Å². The summed E-state index contributed by atoms with van der Waals surface area (Å²) in [4.78, 5) is 12.1. The van der Waals surface area contributed by atoms with Crippen molar-refractivity contribution in [1.29, 1.82) is 0 Å². The molecule has 0 radical (unpaired) electrons. The molecule has 0 saturated carbocycles. The number of carbonyl (C=O) groups excluding carboxylic acids is 1. The molecule has 0 unspecified atom stereocenters. The molecule has 0 spiro atoms. The van der Waals surface area contributed by atoms with Crippen molar-refractivity contribution in [3.8, 4) is 0 Å². The molecular weight excluding hydrogens is 235 g/mol. The van der Waals surface area contributed by atoms with Crippen LogP contribution in [-0.4, -0.2) is 5.78 Å². The third-order valence-corrected chi connectivity index (χ3v) is 2.85. The van der Waals surface area contributed by atoms with Gasteiger partial charge >= 0.3 is 0 Å². The molecule has 0 saturated heterocycles. The van der Waals surface area contributed by atoms with Gasteiger partial charge in [-0.15, -0.1) is 0 Å². The molecule has 0 amide bonds. The number of fused-ring (bicyclic) bond motifs is 1. The molecule has 3 aromatic rings. The second kappa shape index (κ2) is 3.84. The average molecular weight is 244 g/mol. The minimum Gasteiger partial charge on any atom is -0.461 e. The number of carbonyl (C=O) groups is 1. The van der Waals surface area contributed by atoms with E-state index in [2.05, 4.69) is 0 Å². The predicted octanol–water partition coefficient (Wildman–Crippen LogP) is 3.70. The van der Waals surface area contributed by atoms with Gasteiger partial charge in [-0.2, -0.15) is 0 Å². The number of halogens is 1. The summed E-state index contributed by atoms with van der Waals surface area (Å²) in [5.74, 6) is -0.305. The van der Waals surface area contributed by atoms with E-state index in [0.717, 1.165) is 0 Å². The highest BCUT2D eigenvalue weighted by molar-refractivity contribution is 6.08. The normalized spacial score (nSPS) is 11.0. The molecule has 0 aliphatic heterocycles. The molecule has 0 atom stereocenters. The van der Waals surface area contributed by atoms with Crippen LogP contribution in [0, 0.1) is 12.7 Å². The predicted molar refractivity (Wildman–Crippen MR) is 63.0 cm³/mol. The standard InChI is InChI=1S/C14H9FO3/c1-8-10-7-9(15)4-5-11(10)18-14(8)13(16)12-3-2-6-17-12/h2-7H,1H3. The number of furan rings is 2. The molecule has 2 aromatic heterocycles. The number of aryl methyl sites for hydroxylation is 1. The van der Waals surface area contributed by atoms with Gasteiger partial charge in [-0.25, -0.2) is 4.39 Å². The number of rotatable bonds is 2. The second-order valence-corrected chi connectivity index (χ2v) is 4.00. The Morgan fingerprint density at radius 3 is 2.83 bits per heavy atom. The van der Waals surface area contributed by atoms with Crippen LogP contribution in [0.4, 0.5) is 4.39 Å². The molecule has 90 valence electrons. The smallest absolute Gasteiger partial charge is 0.263 e. The van der Waals surface area contributed by atoms with Gasteiger partial charge in [-0.05, 0) is 37.3 Å². The van der Waals surface area contributed by atoms with Gasteiger partial charge in [-0.1, -0.05) is 0 Å². The minimum absolute atomic E-state index is 0.186. The van der Waals surface area contributed by atoms with Gasteiger partial charge in [0, 0.05) is 10.9 Å². The first-order valence-electron chi connectivity index (χ1n) is 5.43. The molecule has 18 heavy (non-hydrogen) atoms. The van der Waals surface area contributed by atoms with Gasteiger partial charge in [0.1, 0.15) is 11.4 Å². The number of hydrogen-bond donors (Lipinski definition) is 0. The summed E-state index contributed by atoms with van der Waals surface area (Å²) in [5, 5.41) is 0.602. The Morgan fingerprint density at radius 1 is 1.28 bits per heavy atom. The van der Waals surface area contributed by atoms with Crippen LogP contribution in [-0.2, 0) is 0 Å². The summed E-state index contributed by atoms with van der Waals surface area (Å²) < 4.78 is 23.7. The highest BCUT2D eigenvalue weighted by atomic mass is 19.1. The first kappa shape index (κ1) is 10.8. The maximum Gasteiger partial charge on any atom is 0.263 e. The zero-order chi connectivity index (χ0) is 12.7. The molecule has 0 aliphatic carbocycles. The van der Waals surface area contributed by atoms with Crippen molar-refractivity contribution in [3.63, 3.8) is 0 Å². The van der Waals surface area contributed by atoms with Crippen LogP contribution in [0.25, 0.3) is 11.0 Å². The lowest BCUT2D eigenvalue weighted by Gasteiger charge is -1.93. The van der Waals surface area contributed by atoms with E-state index in [9.17, 15) is 9.18 Å². The van der Waals surface area contributed by atoms with E-state index >= 15 is 0 Å². The Balaban J connectivity index is 2.19. The van der Waals surface area contributed by atoms with Gasteiger partial charge in [0.2, 0.25) is 0 Å². The van der Waals surface area contributed by atoms with E-state index in [1.54, 1.807) is 19.1 Å². The van der Waals surface area contributed by atoms with Crippen molar-refractivity contribution < 1.29 is 18.0 Å². The largest absolute Gasteiger partial charge is 0.461 e. The van der Waals surface area contributed by atoms with Gasteiger partial charge in [0.25, 0.3) is 5.78 Å². The molecule has 1 aromatic carbocycles. The maximum absolute atomic E-state index is 13.2. The SMILES string of the molecule is Cc1c(C(=O)c2ccco2)oc2ccc(F)cc12. The molecule has 0 aliphatic rings. The molecule has 0 bridgehead atoms. The van der Waals surface area contributed by atoms with E-state index in [4.69, 9.17) is 8.83 Å². The average Bonchev–Trinajstić information content (AvgIpc) is 2.98. The topological polar surface area (TPSA) is 43.4 Å². The third kappa shape index (κ3) is 1.54. The van der Waals surface area contributed by atoms with E-state index in [1.165, 1.54) is 24.5 Å². The van der Waals surface area contributed by atoms with Crippen LogP contribution in [0.2, 0.25) is 0 Å². The van der Waals surface area contributed by atoms with Crippen molar-refractivity contribution in [2.75, 3.05) is 0 Å². The fraction of sp³-hybridized carbons (Fsp3) is 0.0714. The van der Waals surface area contributed by atoms with Crippen LogP contribution in [0.5, 0.6) is 0 Å². The third-order valence-electron chi connectivity index (χ3n) is 2.85. The van der Waals surface area contributed by atoms with Gasteiger partial charge in [0.05, 0.1) is 6.26 Å². The minimum atomic E-state index is -0.358. The van der Waals surface area contributed by atoms with Crippen molar-refractivity contribution in [2.24, 2.45) is 0 Å². The zero-order valence-corrected chi connectivity index (χ0v) is 9.57. The van der Waals surface area contributed by atoms with E-state index in [0.29, 0.717) is 16.5 Å². The zero-order valence-electron chi connectivity index (χ0n) is 9.57.